The summed E-state index contributed by atoms with van der Waals surface area (Å²) in [4.78, 5) is 57.8. The van der Waals surface area contributed by atoms with Gasteiger partial charge in [-0.3, -0.25) is 19.2 Å². The number of primary amides is 1. The van der Waals surface area contributed by atoms with Gasteiger partial charge in [-0.2, -0.15) is 11.8 Å². The largest absolute Gasteiger partial charge is 0.480 e. The third kappa shape index (κ3) is 10.1. The zero-order valence-electron chi connectivity index (χ0n) is 15.6. The van der Waals surface area contributed by atoms with E-state index in [4.69, 9.17) is 16.6 Å². The highest BCUT2D eigenvalue weighted by atomic mass is 32.2. The first kappa shape index (κ1) is 25.6. The second-order valence-electron chi connectivity index (χ2n) is 5.96. The molecule has 4 atom stereocenters. The van der Waals surface area contributed by atoms with Crippen LogP contribution >= 0.6 is 11.8 Å². The molecule has 0 aromatic heterocycles. The minimum absolute atomic E-state index is 0.209. The summed E-state index contributed by atoms with van der Waals surface area (Å²) in [7, 11) is 0. The van der Waals surface area contributed by atoms with Crippen LogP contribution in [0.5, 0.6) is 0 Å². The molecule has 0 bridgehead atoms. The number of aliphatic hydroxyl groups excluding tert-OH is 1. The van der Waals surface area contributed by atoms with Gasteiger partial charge in [0.15, 0.2) is 0 Å². The molecule has 4 amide bonds. The Morgan fingerprint density at radius 1 is 1.11 bits per heavy atom. The van der Waals surface area contributed by atoms with E-state index in [1.165, 1.54) is 18.7 Å². The van der Waals surface area contributed by atoms with Crippen molar-refractivity contribution in [1.29, 1.82) is 0 Å². The predicted molar refractivity (Wildman–Crippen MR) is 101 cm³/mol. The molecule has 0 saturated heterocycles. The van der Waals surface area contributed by atoms with Crippen molar-refractivity contribution in [2.75, 3.05) is 18.6 Å². The molecule has 0 rings (SSSR count). The van der Waals surface area contributed by atoms with Gasteiger partial charge in [-0.1, -0.05) is 0 Å². The molecule has 9 N–H and O–H groups in total. The smallest absolute Gasteiger partial charge is 0.326 e. The maximum absolute atomic E-state index is 12.1. The van der Waals surface area contributed by atoms with Gasteiger partial charge in [0.05, 0.1) is 25.1 Å². The number of amides is 4. The van der Waals surface area contributed by atoms with Crippen molar-refractivity contribution < 1.29 is 34.2 Å². The molecule has 160 valence electrons. The number of aliphatic hydroxyl groups is 1. The van der Waals surface area contributed by atoms with Gasteiger partial charge in [-0.05, 0) is 25.4 Å². The molecule has 12 nitrogen and oxygen atoms in total. The quantitative estimate of drug-likeness (QED) is 0.157. The molecule has 0 aliphatic rings. The van der Waals surface area contributed by atoms with E-state index in [1.807, 2.05) is 0 Å². The molecule has 0 saturated carbocycles. The summed E-state index contributed by atoms with van der Waals surface area (Å²) in [5.74, 6) is -4.01. The second-order valence-corrected chi connectivity index (χ2v) is 6.95. The Bertz CT molecular complexity index is 587. The van der Waals surface area contributed by atoms with Crippen LogP contribution in [-0.4, -0.2) is 82.6 Å². The molecule has 0 radical (unpaired) electrons. The van der Waals surface area contributed by atoms with Crippen LogP contribution < -0.4 is 27.4 Å². The number of hydrogen-bond acceptors (Lipinski definition) is 8. The predicted octanol–water partition coefficient (Wildman–Crippen LogP) is -3.51. The van der Waals surface area contributed by atoms with Gasteiger partial charge in [-0.25, -0.2) is 4.79 Å². The Morgan fingerprint density at radius 2 is 1.71 bits per heavy atom. The molecular weight excluding hydrogens is 394 g/mol. The highest BCUT2D eigenvalue weighted by molar-refractivity contribution is 7.98. The minimum Gasteiger partial charge on any atom is -0.480 e. The number of nitrogens with one attached hydrogen (secondary N) is 3. The normalized spacial score (nSPS) is 14.9. The van der Waals surface area contributed by atoms with E-state index in [-0.39, 0.29) is 6.42 Å². The summed E-state index contributed by atoms with van der Waals surface area (Å²) >= 11 is 1.42. The van der Waals surface area contributed by atoms with Crippen LogP contribution in [0, 0.1) is 0 Å². The van der Waals surface area contributed by atoms with Crippen LogP contribution in [0.25, 0.3) is 0 Å². The van der Waals surface area contributed by atoms with E-state index in [1.54, 1.807) is 6.26 Å². The van der Waals surface area contributed by atoms with Crippen molar-refractivity contribution in [3.63, 3.8) is 0 Å². The third-order valence-corrected chi connectivity index (χ3v) is 4.13. The van der Waals surface area contributed by atoms with Crippen molar-refractivity contribution in [3.8, 4) is 0 Å². The zero-order valence-corrected chi connectivity index (χ0v) is 16.5. The molecule has 4 unspecified atom stereocenters. The summed E-state index contributed by atoms with van der Waals surface area (Å²) in [6.07, 6.45) is 0.219. The van der Waals surface area contributed by atoms with E-state index >= 15 is 0 Å². The van der Waals surface area contributed by atoms with E-state index in [2.05, 4.69) is 16.0 Å². The molecule has 0 aromatic carbocycles. The number of carbonyl (C=O) groups is 5. The van der Waals surface area contributed by atoms with Crippen molar-refractivity contribution >= 4 is 41.4 Å². The number of nitrogens with two attached hydrogens (primary N) is 2. The van der Waals surface area contributed by atoms with Crippen LogP contribution in [0.1, 0.15) is 19.8 Å². The summed E-state index contributed by atoms with van der Waals surface area (Å²) in [6.45, 7) is 0.668. The molecule has 28 heavy (non-hydrogen) atoms. The van der Waals surface area contributed by atoms with Gasteiger partial charge in [0.2, 0.25) is 23.6 Å². The lowest BCUT2D eigenvalue weighted by Crippen LogP contribution is -2.57. The maximum atomic E-state index is 12.1. The van der Waals surface area contributed by atoms with Crippen molar-refractivity contribution in [2.24, 2.45) is 11.5 Å². The standard InChI is InChI=1S/C15H27N5O7S/c1-7(21)12(20-13(24)8(16)5-10(17)22)14(25)18-6-11(23)19-9(15(26)27)3-4-28-2/h7-9,12,21H,3-6,16H2,1-2H3,(H2,17,22)(H,18,25)(H,19,23)(H,20,24)(H,26,27). The van der Waals surface area contributed by atoms with Gasteiger partial charge < -0.3 is 37.6 Å². The fourth-order valence-electron chi connectivity index (χ4n) is 1.99. The number of hydrogen-bond donors (Lipinski definition) is 7. The van der Waals surface area contributed by atoms with Crippen LogP contribution in [0.15, 0.2) is 0 Å². The first-order valence-electron chi connectivity index (χ1n) is 8.30. The topological polar surface area (TPSA) is 214 Å². The number of aliphatic carboxylic acids is 1. The van der Waals surface area contributed by atoms with E-state index in [0.717, 1.165) is 0 Å². The average Bonchev–Trinajstić information content (AvgIpc) is 2.59. The Kier molecular flexibility index (Phi) is 11.8. The number of rotatable bonds is 13. The lowest BCUT2D eigenvalue weighted by molar-refractivity contribution is -0.141. The molecule has 13 heteroatoms. The highest BCUT2D eigenvalue weighted by Crippen LogP contribution is 2.01. The molecule has 0 spiro atoms. The molecule has 0 fully saturated rings. The lowest BCUT2D eigenvalue weighted by atomic mass is 10.1. The molecular formula is C15H27N5O7S. The fraction of sp³-hybridized carbons (Fsp3) is 0.667. The Labute approximate surface area is 166 Å². The maximum Gasteiger partial charge on any atom is 0.326 e. The number of carboxylic acid groups (broad SMARTS) is 1. The minimum atomic E-state index is -1.44. The number of thioether (sulfide) groups is 1. The number of carboxylic acids is 1. The average molecular weight is 421 g/mol. The fourth-order valence-corrected chi connectivity index (χ4v) is 2.46. The van der Waals surface area contributed by atoms with Crippen molar-refractivity contribution in [1.82, 2.24) is 16.0 Å². The van der Waals surface area contributed by atoms with Crippen molar-refractivity contribution in [3.05, 3.63) is 0 Å². The zero-order chi connectivity index (χ0) is 21.9. The van der Waals surface area contributed by atoms with E-state index in [0.29, 0.717) is 5.75 Å². The third-order valence-electron chi connectivity index (χ3n) is 3.49. The molecule has 0 aliphatic carbocycles. The molecule has 0 aliphatic heterocycles. The summed E-state index contributed by atoms with van der Waals surface area (Å²) in [5.41, 5.74) is 10.4. The van der Waals surface area contributed by atoms with Crippen LogP contribution in [0.4, 0.5) is 0 Å². The first-order valence-corrected chi connectivity index (χ1v) is 9.70. The van der Waals surface area contributed by atoms with Gasteiger partial charge in [0.1, 0.15) is 12.1 Å². The Morgan fingerprint density at radius 3 is 2.18 bits per heavy atom. The summed E-state index contributed by atoms with van der Waals surface area (Å²) in [6, 6.07) is -3.84. The summed E-state index contributed by atoms with van der Waals surface area (Å²) < 4.78 is 0. The second kappa shape index (κ2) is 12.9. The van der Waals surface area contributed by atoms with Gasteiger partial charge in [0, 0.05) is 0 Å². The van der Waals surface area contributed by atoms with Gasteiger partial charge >= 0.3 is 5.97 Å². The van der Waals surface area contributed by atoms with Gasteiger partial charge in [0.25, 0.3) is 0 Å². The van der Waals surface area contributed by atoms with E-state index in [9.17, 15) is 29.1 Å². The molecule has 0 heterocycles. The first-order chi connectivity index (χ1) is 13.0. The summed E-state index contributed by atoms with van der Waals surface area (Å²) in [5, 5.41) is 25.4. The Hall–Kier alpha value is -2.38. The number of carbonyl (C=O) groups excluding carboxylic acids is 4. The van der Waals surface area contributed by atoms with Crippen LogP contribution in [-0.2, 0) is 24.0 Å². The van der Waals surface area contributed by atoms with Gasteiger partial charge in [-0.15, -0.1) is 0 Å². The van der Waals surface area contributed by atoms with Crippen molar-refractivity contribution in [2.45, 2.75) is 44.0 Å². The monoisotopic (exact) mass is 421 g/mol. The lowest BCUT2D eigenvalue weighted by Gasteiger charge is -2.22. The highest BCUT2D eigenvalue weighted by Gasteiger charge is 2.28. The molecule has 0 aromatic rings. The van der Waals surface area contributed by atoms with Crippen LogP contribution in [0.2, 0.25) is 0 Å². The SMILES string of the molecule is CSCCC(NC(=O)CNC(=O)C(NC(=O)C(N)CC(N)=O)C(C)O)C(=O)O. The Balaban J connectivity index is 4.72. The van der Waals surface area contributed by atoms with Crippen LogP contribution in [0.3, 0.4) is 0 Å². The van der Waals surface area contributed by atoms with E-state index < -0.39 is 66.8 Å².